The first-order valence-corrected chi connectivity index (χ1v) is 8.46. The van der Waals surface area contributed by atoms with Crippen molar-refractivity contribution in [1.82, 2.24) is 0 Å². The molecule has 0 radical (unpaired) electrons. The highest BCUT2D eigenvalue weighted by molar-refractivity contribution is 5.94. The molecule has 0 aliphatic rings. The molecule has 3 aromatic rings. The van der Waals surface area contributed by atoms with Gasteiger partial charge in [0, 0.05) is 5.69 Å². The molecular formula is C22H21NO3. The third kappa shape index (κ3) is 4.42. The Bertz CT molecular complexity index is 903. The van der Waals surface area contributed by atoms with Crippen LogP contribution < -0.4 is 14.8 Å². The smallest absolute Gasteiger partial charge is 0.265 e. The van der Waals surface area contributed by atoms with E-state index in [4.69, 9.17) is 9.47 Å². The highest BCUT2D eigenvalue weighted by atomic mass is 16.5. The van der Waals surface area contributed by atoms with E-state index in [1.54, 1.807) is 37.3 Å². The average molecular weight is 347 g/mol. The van der Waals surface area contributed by atoms with E-state index >= 15 is 0 Å². The predicted molar refractivity (Wildman–Crippen MR) is 105 cm³/mol. The molecule has 0 saturated carbocycles. The third-order valence-electron chi connectivity index (χ3n) is 3.89. The van der Waals surface area contributed by atoms with Crippen LogP contribution in [0.1, 0.15) is 6.92 Å². The van der Waals surface area contributed by atoms with Crippen molar-refractivity contribution in [3.05, 3.63) is 79.4 Å². The number of rotatable bonds is 7. The quantitative estimate of drug-likeness (QED) is 0.624. The topological polar surface area (TPSA) is 47.6 Å². The number of nitrogens with one attached hydrogen (secondary N) is 1. The number of amides is 1. The molecule has 3 rings (SSSR count). The summed E-state index contributed by atoms with van der Waals surface area (Å²) in [5, 5.41) is 5.05. The van der Waals surface area contributed by atoms with E-state index in [9.17, 15) is 4.79 Å². The monoisotopic (exact) mass is 347 g/mol. The first-order valence-electron chi connectivity index (χ1n) is 8.46. The lowest BCUT2D eigenvalue weighted by molar-refractivity contribution is -0.122. The maximum atomic E-state index is 12.4. The van der Waals surface area contributed by atoms with E-state index in [2.05, 4.69) is 11.9 Å². The molecule has 0 aliphatic carbocycles. The highest BCUT2D eigenvalue weighted by Gasteiger charge is 2.15. The summed E-state index contributed by atoms with van der Waals surface area (Å²) in [6, 6.07) is 21.0. The molecule has 1 N–H and O–H groups in total. The average Bonchev–Trinajstić information content (AvgIpc) is 2.67. The molecule has 3 aromatic carbocycles. The van der Waals surface area contributed by atoms with Crippen LogP contribution in [0.15, 0.2) is 79.4 Å². The maximum Gasteiger partial charge on any atom is 0.265 e. The first kappa shape index (κ1) is 17.5. The molecule has 26 heavy (non-hydrogen) atoms. The van der Waals surface area contributed by atoms with Gasteiger partial charge in [-0.05, 0) is 54.1 Å². The van der Waals surface area contributed by atoms with Crippen molar-refractivity contribution >= 4 is 22.4 Å². The van der Waals surface area contributed by atoms with Gasteiger partial charge in [0.05, 0.1) is 0 Å². The van der Waals surface area contributed by atoms with Crippen LogP contribution in [0.25, 0.3) is 10.8 Å². The molecule has 1 atom stereocenters. The summed E-state index contributed by atoms with van der Waals surface area (Å²) >= 11 is 0. The molecule has 1 amide bonds. The minimum Gasteiger partial charge on any atom is -0.490 e. The van der Waals surface area contributed by atoms with Crippen LogP contribution >= 0.6 is 0 Å². The van der Waals surface area contributed by atoms with E-state index < -0.39 is 6.10 Å². The number of carbonyl (C=O) groups excluding carboxylic acids is 1. The first-order chi connectivity index (χ1) is 12.7. The lowest BCUT2D eigenvalue weighted by Gasteiger charge is -2.15. The standard InChI is InChI=1S/C22H21NO3/c1-3-14-25-20-12-9-19(10-13-20)23-22(24)16(2)26-21-11-8-17-6-4-5-7-18(17)15-21/h3-13,15-16H,1,14H2,2H3,(H,23,24)/t16-/m0/s1. The van der Waals surface area contributed by atoms with Crippen LogP contribution in [0.4, 0.5) is 5.69 Å². The predicted octanol–water partition coefficient (Wildman–Crippen LogP) is 4.81. The second-order valence-electron chi connectivity index (χ2n) is 5.88. The van der Waals surface area contributed by atoms with Gasteiger partial charge >= 0.3 is 0 Å². The van der Waals surface area contributed by atoms with Crippen molar-refractivity contribution in [3.63, 3.8) is 0 Å². The van der Waals surface area contributed by atoms with Crippen LogP contribution in [-0.4, -0.2) is 18.6 Å². The van der Waals surface area contributed by atoms with Gasteiger partial charge in [-0.25, -0.2) is 0 Å². The van der Waals surface area contributed by atoms with E-state index in [-0.39, 0.29) is 5.91 Å². The van der Waals surface area contributed by atoms with Crippen LogP contribution in [-0.2, 0) is 4.79 Å². The Morgan fingerprint density at radius 1 is 1.04 bits per heavy atom. The fourth-order valence-corrected chi connectivity index (χ4v) is 2.53. The van der Waals surface area contributed by atoms with E-state index in [0.717, 1.165) is 16.5 Å². The minimum absolute atomic E-state index is 0.210. The van der Waals surface area contributed by atoms with Gasteiger partial charge in [-0.3, -0.25) is 4.79 Å². The number of carbonyl (C=O) groups is 1. The summed E-state index contributed by atoms with van der Waals surface area (Å²) in [4.78, 5) is 12.4. The van der Waals surface area contributed by atoms with Gasteiger partial charge in [-0.15, -0.1) is 0 Å². The molecule has 0 heterocycles. The number of fused-ring (bicyclic) bond motifs is 1. The lowest BCUT2D eigenvalue weighted by atomic mass is 10.1. The zero-order valence-corrected chi connectivity index (χ0v) is 14.6. The van der Waals surface area contributed by atoms with Gasteiger partial charge in [-0.2, -0.15) is 0 Å². The Morgan fingerprint density at radius 3 is 2.46 bits per heavy atom. The molecule has 4 nitrogen and oxygen atoms in total. The van der Waals surface area contributed by atoms with E-state index in [1.165, 1.54) is 0 Å². The molecule has 0 aromatic heterocycles. The van der Waals surface area contributed by atoms with Gasteiger partial charge in [0.15, 0.2) is 6.10 Å². The molecule has 0 saturated heterocycles. The van der Waals surface area contributed by atoms with Crippen LogP contribution in [0, 0.1) is 0 Å². The Morgan fingerprint density at radius 2 is 1.73 bits per heavy atom. The molecule has 0 bridgehead atoms. The fourth-order valence-electron chi connectivity index (χ4n) is 2.53. The molecule has 4 heteroatoms. The summed E-state index contributed by atoms with van der Waals surface area (Å²) in [5.74, 6) is 1.18. The van der Waals surface area contributed by atoms with E-state index in [1.807, 2.05) is 42.5 Å². The summed E-state index contributed by atoms with van der Waals surface area (Å²) < 4.78 is 11.2. The molecule has 0 spiro atoms. The van der Waals surface area contributed by atoms with Crippen LogP contribution in [0.2, 0.25) is 0 Å². The van der Waals surface area contributed by atoms with Crippen molar-refractivity contribution in [1.29, 1.82) is 0 Å². The number of hydrogen-bond acceptors (Lipinski definition) is 3. The van der Waals surface area contributed by atoms with Crippen molar-refractivity contribution in [2.75, 3.05) is 11.9 Å². The Balaban J connectivity index is 1.60. The Hall–Kier alpha value is -3.27. The second kappa shape index (κ2) is 8.21. The van der Waals surface area contributed by atoms with Gasteiger partial charge in [0.25, 0.3) is 5.91 Å². The normalized spacial score (nSPS) is 11.6. The lowest BCUT2D eigenvalue weighted by Crippen LogP contribution is -2.30. The van der Waals surface area contributed by atoms with Crippen LogP contribution in [0.3, 0.4) is 0 Å². The number of anilines is 1. The van der Waals surface area contributed by atoms with Crippen molar-refractivity contribution in [2.45, 2.75) is 13.0 Å². The number of benzene rings is 3. The SMILES string of the molecule is C=CCOc1ccc(NC(=O)[C@H](C)Oc2ccc3ccccc3c2)cc1. The van der Waals surface area contributed by atoms with Gasteiger partial charge in [0.1, 0.15) is 18.1 Å². The molecular weight excluding hydrogens is 326 g/mol. The number of ether oxygens (including phenoxy) is 2. The molecule has 0 fully saturated rings. The highest BCUT2D eigenvalue weighted by Crippen LogP contribution is 2.22. The van der Waals surface area contributed by atoms with Gasteiger partial charge < -0.3 is 14.8 Å². The summed E-state index contributed by atoms with van der Waals surface area (Å²) in [6.07, 6.45) is 1.06. The largest absolute Gasteiger partial charge is 0.490 e. The van der Waals surface area contributed by atoms with Crippen molar-refractivity contribution in [3.8, 4) is 11.5 Å². The second-order valence-corrected chi connectivity index (χ2v) is 5.88. The molecule has 132 valence electrons. The van der Waals surface area contributed by atoms with Gasteiger partial charge in [-0.1, -0.05) is 43.0 Å². The zero-order valence-electron chi connectivity index (χ0n) is 14.6. The summed E-state index contributed by atoms with van der Waals surface area (Å²) in [5.41, 5.74) is 0.690. The minimum atomic E-state index is -0.618. The fraction of sp³-hybridized carbons (Fsp3) is 0.136. The van der Waals surface area contributed by atoms with Gasteiger partial charge in [0.2, 0.25) is 0 Å². The van der Waals surface area contributed by atoms with Crippen LogP contribution in [0.5, 0.6) is 11.5 Å². The molecule has 0 unspecified atom stereocenters. The van der Waals surface area contributed by atoms with Crippen molar-refractivity contribution in [2.24, 2.45) is 0 Å². The van der Waals surface area contributed by atoms with Crippen molar-refractivity contribution < 1.29 is 14.3 Å². The summed E-state index contributed by atoms with van der Waals surface area (Å²) in [7, 11) is 0. The third-order valence-corrected chi connectivity index (χ3v) is 3.89. The molecule has 0 aliphatic heterocycles. The zero-order chi connectivity index (χ0) is 18.4. The summed E-state index contributed by atoms with van der Waals surface area (Å²) in [6.45, 7) is 5.78. The maximum absolute atomic E-state index is 12.4. The number of hydrogen-bond donors (Lipinski definition) is 1. The Kier molecular flexibility index (Phi) is 5.54. The Labute approximate surface area is 153 Å². The van der Waals surface area contributed by atoms with E-state index in [0.29, 0.717) is 18.0 Å².